The van der Waals surface area contributed by atoms with Gasteiger partial charge in [-0.3, -0.25) is 4.79 Å². The van der Waals surface area contributed by atoms with Crippen LogP contribution in [0.5, 0.6) is 0 Å². The Labute approximate surface area is 187 Å². The first-order chi connectivity index (χ1) is 15.2. The molecule has 172 valence electrons. The number of carbonyl (C=O) groups excluding carboxylic acids is 1. The first-order valence-corrected chi connectivity index (χ1v) is 11.3. The van der Waals surface area contributed by atoms with Crippen LogP contribution in [0.15, 0.2) is 48.5 Å². The molecule has 0 aromatic heterocycles. The summed E-state index contributed by atoms with van der Waals surface area (Å²) in [5, 5.41) is 3.04. The van der Waals surface area contributed by atoms with Crippen molar-refractivity contribution in [3.8, 4) is 0 Å². The summed E-state index contributed by atoms with van der Waals surface area (Å²) in [4.78, 5) is 17.6. The average molecular weight is 446 g/mol. The highest BCUT2D eigenvalue weighted by atomic mass is 19.4. The molecule has 1 N–H and O–H groups in total. The predicted molar refractivity (Wildman–Crippen MR) is 121 cm³/mol. The first-order valence-electron chi connectivity index (χ1n) is 11.3. The maximum absolute atomic E-state index is 13.3. The molecule has 1 fully saturated rings. The van der Waals surface area contributed by atoms with Crippen LogP contribution in [0.3, 0.4) is 0 Å². The van der Waals surface area contributed by atoms with Gasteiger partial charge in [0, 0.05) is 37.6 Å². The number of anilines is 2. The van der Waals surface area contributed by atoms with Gasteiger partial charge in [0.05, 0.1) is 17.5 Å². The minimum Gasteiger partial charge on any atom is -0.368 e. The van der Waals surface area contributed by atoms with E-state index in [0.717, 1.165) is 30.4 Å². The van der Waals surface area contributed by atoms with E-state index < -0.39 is 17.7 Å². The third kappa shape index (κ3) is 4.71. The van der Waals surface area contributed by atoms with Gasteiger partial charge in [-0.25, -0.2) is 0 Å². The highest BCUT2D eigenvalue weighted by molar-refractivity contribution is 5.82. The Bertz CT molecular complexity index is 945. The van der Waals surface area contributed by atoms with E-state index in [1.165, 1.54) is 6.07 Å². The van der Waals surface area contributed by atoms with Gasteiger partial charge >= 0.3 is 6.18 Å². The van der Waals surface area contributed by atoms with Gasteiger partial charge in [-0.05, 0) is 54.7 Å². The van der Waals surface area contributed by atoms with Crippen molar-refractivity contribution in [3.63, 3.8) is 0 Å². The van der Waals surface area contributed by atoms with E-state index in [-0.39, 0.29) is 11.9 Å². The van der Waals surface area contributed by atoms with Gasteiger partial charge in [-0.15, -0.1) is 0 Å². The van der Waals surface area contributed by atoms with Crippen molar-refractivity contribution in [1.82, 2.24) is 5.32 Å². The van der Waals surface area contributed by atoms with E-state index >= 15 is 0 Å². The molecule has 2 heterocycles. The van der Waals surface area contributed by atoms with Crippen molar-refractivity contribution in [2.75, 3.05) is 36.0 Å². The molecular weight excluding hydrogens is 415 g/mol. The van der Waals surface area contributed by atoms with Crippen LogP contribution in [0.4, 0.5) is 24.5 Å². The zero-order valence-electron chi connectivity index (χ0n) is 18.5. The van der Waals surface area contributed by atoms with Crippen molar-refractivity contribution in [2.24, 2.45) is 11.8 Å². The van der Waals surface area contributed by atoms with E-state index in [2.05, 4.69) is 41.1 Å². The molecule has 0 saturated carbocycles. The molecule has 4 nitrogen and oxygen atoms in total. The minimum absolute atomic E-state index is 0.0707. The monoisotopic (exact) mass is 445 g/mol. The van der Waals surface area contributed by atoms with E-state index in [0.29, 0.717) is 37.5 Å². The molecule has 32 heavy (non-hydrogen) atoms. The lowest BCUT2D eigenvalue weighted by Gasteiger charge is -2.49. The maximum Gasteiger partial charge on any atom is 0.416 e. The molecule has 0 unspecified atom stereocenters. The quantitative estimate of drug-likeness (QED) is 0.723. The number of hydrogen-bond donors (Lipinski definition) is 1. The molecule has 2 aromatic rings. The van der Waals surface area contributed by atoms with Crippen molar-refractivity contribution in [2.45, 2.75) is 38.9 Å². The van der Waals surface area contributed by atoms with Gasteiger partial charge in [0.1, 0.15) is 0 Å². The van der Waals surface area contributed by atoms with Crippen LogP contribution >= 0.6 is 0 Å². The number of benzene rings is 2. The summed E-state index contributed by atoms with van der Waals surface area (Å²) < 4.78 is 40.0. The molecule has 7 heteroatoms. The fourth-order valence-electron chi connectivity index (χ4n) is 4.79. The lowest BCUT2D eigenvalue weighted by Crippen LogP contribution is -2.61. The SMILES string of the molecule is CC(C)CCNC(=O)[C@H]1Cc2cc(C(F)(F)F)ccc2N2CCN(c3ccccc3)C[C@@H]12. The number of fused-ring (bicyclic) bond motifs is 3. The highest BCUT2D eigenvalue weighted by Crippen LogP contribution is 2.40. The van der Waals surface area contributed by atoms with Gasteiger partial charge < -0.3 is 15.1 Å². The highest BCUT2D eigenvalue weighted by Gasteiger charge is 2.42. The van der Waals surface area contributed by atoms with Crippen LogP contribution in [0.25, 0.3) is 0 Å². The Morgan fingerprint density at radius 1 is 1.12 bits per heavy atom. The largest absolute Gasteiger partial charge is 0.416 e. The standard InChI is InChI=1S/C25H30F3N3O/c1-17(2)10-11-29-24(32)21-15-18-14-19(25(26,27)28)8-9-22(18)31-13-12-30(16-23(21)31)20-6-4-3-5-7-20/h3-9,14,17,21,23H,10-13,15-16H2,1-2H3,(H,29,32)/t21-,23-/m0/s1. The number of para-hydroxylation sites is 1. The molecule has 4 rings (SSSR count). The fourth-order valence-corrected chi connectivity index (χ4v) is 4.79. The summed E-state index contributed by atoms with van der Waals surface area (Å²) in [5.41, 5.74) is 1.87. The molecular formula is C25H30F3N3O. The number of piperazine rings is 1. The molecule has 0 bridgehead atoms. The predicted octanol–water partition coefficient (Wildman–Crippen LogP) is 4.74. The van der Waals surface area contributed by atoms with Crippen LogP contribution < -0.4 is 15.1 Å². The Morgan fingerprint density at radius 3 is 2.56 bits per heavy atom. The van der Waals surface area contributed by atoms with Crippen LogP contribution in [0, 0.1) is 11.8 Å². The van der Waals surface area contributed by atoms with Crippen molar-refractivity contribution < 1.29 is 18.0 Å². The maximum atomic E-state index is 13.3. The third-order valence-electron chi connectivity index (χ3n) is 6.52. The molecule has 2 atom stereocenters. The minimum atomic E-state index is -4.40. The van der Waals surface area contributed by atoms with Crippen molar-refractivity contribution in [3.05, 3.63) is 59.7 Å². The number of amides is 1. The number of nitrogens with zero attached hydrogens (tertiary/aromatic N) is 2. The summed E-state index contributed by atoms with van der Waals surface area (Å²) >= 11 is 0. The number of nitrogens with one attached hydrogen (secondary N) is 1. The second-order valence-corrected chi connectivity index (χ2v) is 9.17. The molecule has 1 saturated heterocycles. The van der Waals surface area contributed by atoms with E-state index in [9.17, 15) is 18.0 Å². The van der Waals surface area contributed by atoms with Gasteiger partial charge in [-0.2, -0.15) is 13.2 Å². The zero-order valence-corrected chi connectivity index (χ0v) is 18.5. The summed E-state index contributed by atoms with van der Waals surface area (Å²) in [5.74, 6) is -0.000224. The second-order valence-electron chi connectivity index (χ2n) is 9.17. The molecule has 2 aliphatic heterocycles. The Kier molecular flexibility index (Phi) is 6.35. The van der Waals surface area contributed by atoms with E-state index in [1.54, 1.807) is 6.07 Å². The summed E-state index contributed by atoms with van der Waals surface area (Å²) in [6.07, 6.45) is -3.21. The van der Waals surface area contributed by atoms with E-state index in [4.69, 9.17) is 0 Å². The van der Waals surface area contributed by atoms with Crippen molar-refractivity contribution >= 4 is 17.3 Å². The molecule has 0 radical (unpaired) electrons. The molecule has 1 amide bonds. The second kappa shape index (κ2) is 9.04. The van der Waals surface area contributed by atoms with Crippen LogP contribution in [0.1, 0.15) is 31.4 Å². The summed E-state index contributed by atoms with van der Waals surface area (Å²) in [6, 6.07) is 13.9. The topological polar surface area (TPSA) is 35.6 Å². The van der Waals surface area contributed by atoms with Crippen molar-refractivity contribution in [1.29, 1.82) is 0 Å². The van der Waals surface area contributed by atoms with Gasteiger partial charge in [0.25, 0.3) is 0 Å². The fraction of sp³-hybridized carbons (Fsp3) is 0.480. The summed E-state index contributed by atoms with van der Waals surface area (Å²) in [6.45, 7) is 6.85. The van der Waals surface area contributed by atoms with E-state index in [1.807, 2.05) is 18.2 Å². The van der Waals surface area contributed by atoms with Crippen LogP contribution in [-0.2, 0) is 17.4 Å². The Balaban J connectivity index is 1.63. The van der Waals surface area contributed by atoms with Gasteiger partial charge in [0.2, 0.25) is 5.91 Å². The Hall–Kier alpha value is -2.70. The first kappa shape index (κ1) is 22.5. The van der Waals surface area contributed by atoms with Gasteiger partial charge in [-0.1, -0.05) is 32.0 Å². The average Bonchev–Trinajstić information content (AvgIpc) is 2.77. The lowest BCUT2D eigenvalue weighted by molar-refractivity contribution is -0.137. The molecule has 2 aromatic carbocycles. The number of rotatable bonds is 5. The lowest BCUT2D eigenvalue weighted by atomic mass is 9.82. The van der Waals surface area contributed by atoms with Crippen LogP contribution in [0.2, 0.25) is 0 Å². The molecule has 0 spiro atoms. The molecule has 0 aliphatic carbocycles. The zero-order chi connectivity index (χ0) is 22.9. The number of hydrogen-bond acceptors (Lipinski definition) is 3. The normalized spacial score (nSPS) is 20.7. The number of alkyl halides is 3. The number of carbonyl (C=O) groups is 1. The number of halogens is 3. The Morgan fingerprint density at radius 2 is 1.88 bits per heavy atom. The molecule has 2 aliphatic rings. The summed E-state index contributed by atoms with van der Waals surface area (Å²) in [7, 11) is 0. The third-order valence-corrected chi connectivity index (χ3v) is 6.52. The smallest absolute Gasteiger partial charge is 0.368 e. The van der Waals surface area contributed by atoms with Crippen LogP contribution in [-0.4, -0.2) is 38.1 Å². The van der Waals surface area contributed by atoms with Gasteiger partial charge in [0.15, 0.2) is 0 Å².